The van der Waals surface area contributed by atoms with Crippen LogP contribution in [0.2, 0.25) is 0 Å². The second-order valence-electron chi connectivity index (χ2n) is 7.72. The maximum atomic E-state index is 11.9. The zero-order valence-electron chi connectivity index (χ0n) is 14.8. The number of aromatic amines is 1. The highest BCUT2D eigenvalue weighted by Gasteiger charge is 2.38. The van der Waals surface area contributed by atoms with Crippen LogP contribution in [0.5, 0.6) is 5.75 Å². The number of hydrogen-bond acceptors (Lipinski definition) is 5. The van der Waals surface area contributed by atoms with Gasteiger partial charge in [-0.15, -0.1) is 0 Å². The second-order valence-corrected chi connectivity index (χ2v) is 7.72. The Morgan fingerprint density at radius 3 is 3.00 bits per heavy atom. The van der Waals surface area contributed by atoms with Gasteiger partial charge in [0.25, 0.3) is 0 Å². The number of anilines is 1. The first kappa shape index (κ1) is 16.1. The molecule has 1 amide bonds. The van der Waals surface area contributed by atoms with Crippen LogP contribution >= 0.6 is 0 Å². The number of pyridine rings is 1. The number of H-pyrrole nitrogens is 1. The van der Waals surface area contributed by atoms with E-state index in [-0.39, 0.29) is 12.1 Å². The zero-order chi connectivity index (χ0) is 17.6. The van der Waals surface area contributed by atoms with E-state index in [0.29, 0.717) is 12.6 Å². The predicted molar refractivity (Wildman–Crippen MR) is 95.1 cm³/mol. The molecule has 0 saturated heterocycles. The van der Waals surface area contributed by atoms with Gasteiger partial charge in [-0.25, -0.2) is 9.78 Å². The van der Waals surface area contributed by atoms with Gasteiger partial charge in [-0.2, -0.15) is 0 Å². The van der Waals surface area contributed by atoms with Crippen molar-refractivity contribution < 1.29 is 14.3 Å². The summed E-state index contributed by atoms with van der Waals surface area (Å²) in [4.78, 5) is 21.9. The molecule has 0 aromatic carbocycles. The smallest absolute Gasteiger partial charge is 0.407 e. The molecule has 134 valence electrons. The Hall–Kier alpha value is -2.44. The summed E-state index contributed by atoms with van der Waals surface area (Å²) in [6, 6.07) is 2.59. The van der Waals surface area contributed by atoms with Crippen LogP contribution in [0.3, 0.4) is 0 Å². The summed E-state index contributed by atoms with van der Waals surface area (Å²) in [7, 11) is 0. The number of aromatic nitrogens is 2. The lowest BCUT2D eigenvalue weighted by Gasteiger charge is -2.46. The number of nitrogens with zero attached hydrogens (tertiary/aromatic N) is 2. The van der Waals surface area contributed by atoms with Crippen molar-refractivity contribution in [1.82, 2.24) is 15.3 Å². The van der Waals surface area contributed by atoms with Gasteiger partial charge < -0.3 is 24.7 Å². The first-order valence-corrected chi connectivity index (χ1v) is 8.76. The van der Waals surface area contributed by atoms with Gasteiger partial charge in [0.15, 0.2) is 5.75 Å². The number of nitrogens with one attached hydrogen (secondary N) is 2. The predicted octanol–water partition coefficient (Wildman–Crippen LogP) is 2.82. The molecular formula is C18H24N4O3. The van der Waals surface area contributed by atoms with Crippen molar-refractivity contribution in [3.8, 4) is 5.75 Å². The number of carbonyl (C=O) groups excluding carboxylic acids is 1. The normalized spacial score (nSPS) is 22.8. The highest BCUT2D eigenvalue weighted by Crippen LogP contribution is 2.41. The van der Waals surface area contributed by atoms with Crippen LogP contribution in [0.4, 0.5) is 10.5 Å². The van der Waals surface area contributed by atoms with Gasteiger partial charge in [0, 0.05) is 23.7 Å². The SMILES string of the molecule is CC(C)(C)OC(=O)NC1CC(N2CCOc3cnc4[nH]ccc4c32)C1. The lowest BCUT2D eigenvalue weighted by Crippen LogP contribution is -2.56. The van der Waals surface area contributed by atoms with E-state index in [0.717, 1.165) is 41.9 Å². The molecule has 2 aromatic heterocycles. The fraction of sp³-hybridized carbons (Fsp3) is 0.556. The summed E-state index contributed by atoms with van der Waals surface area (Å²) in [5, 5.41) is 4.04. The van der Waals surface area contributed by atoms with Crippen molar-refractivity contribution in [3.05, 3.63) is 18.5 Å². The number of ether oxygens (including phenoxy) is 2. The number of alkyl carbamates (subject to hydrolysis) is 1. The molecule has 7 nitrogen and oxygen atoms in total. The standard InChI is InChI=1S/C18H24N4O3/c1-18(2,3)25-17(23)21-11-8-12(9-11)22-6-7-24-14-10-20-16-13(15(14)22)4-5-19-16/h4-5,10-12H,6-9H2,1-3H3,(H,19,20)(H,21,23). The molecule has 0 spiro atoms. The van der Waals surface area contributed by atoms with Gasteiger partial charge in [-0.3, -0.25) is 0 Å². The maximum Gasteiger partial charge on any atom is 0.407 e. The topological polar surface area (TPSA) is 79.5 Å². The molecule has 3 heterocycles. The van der Waals surface area contributed by atoms with Crippen LogP contribution in [0, 0.1) is 0 Å². The van der Waals surface area contributed by atoms with Crippen molar-refractivity contribution >= 4 is 22.8 Å². The van der Waals surface area contributed by atoms with Crippen molar-refractivity contribution in [3.63, 3.8) is 0 Å². The van der Waals surface area contributed by atoms with E-state index in [2.05, 4.69) is 20.2 Å². The third-order valence-electron chi connectivity index (χ3n) is 4.68. The number of hydrogen-bond donors (Lipinski definition) is 2. The quantitative estimate of drug-likeness (QED) is 0.876. The Bertz CT molecular complexity index is 789. The first-order chi connectivity index (χ1) is 11.9. The van der Waals surface area contributed by atoms with Crippen molar-refractivity contribution in [2.45, 2.75) is 51.3 Å². The van der Waals surface area contributed by atoms with Crippen LogP contribution in [0.1, 0.15) is 33.6 Å². The molecule has 2 aromatic rings. The van der Waals surface area contributed by atoms with Crippen LogP contribution in [-0.2, 0) is 4.74 Å². The molecule has 1 aliphatic heterocycles. The number of fused-ring (bicyclic) bond motifs is 3. The molecule has 25 heavy (non-hydrogen) atoms. The van der Waals surface area contributed by atoms with E-state index < -0.39 is 5.60 Å². The Labute approximate surface area is 146 Å². The lowest BCUT2D eigenvalue weighted by molar-refractivity contribution is 0.0469. The van der Waals surface area contributed by atoms with Crippen molar-refractivity contribution in [2.75, 3.05) is 18.1 Å². The van der Waals surface area contributed by atoms with E-state index in [1.165, 1.54) is 0 Å². The summed E-state index contributed by atoms with van der Waals surface area (Å²) >= 11 is 0. The Morgan fingerprint density at radius 1 is 1.44 bits per heavy atom. The minimum Gasteiger partial charge on any atom is -0.488 e. The van der Waals surface area contributed by atoms with E-state index >= 15 is 0 Å². The Morgan fingerprint density at radius 2 is 2.24 bits per heavy atom. The van der Waals surface area contributed by atoms with Gasteiger partial charge in [0.05, 0.1) is 18.4 Å². The largest absolute Gasteiger partial charge is 0.488 e. The monoisotopic (exact) mass is 344 g/mol. The van der Waals surface area contributed by atoms with Crippen LogP contribution < -0.4 is 15.0 Å². The lowest BCUT2D eigenvalue weighted by atomic mass is 9.85. The fourth-order valence-electron chi connectivity index (χ4n) is 3.54. The summed E-state index contributed by atoms with van der Waals surface area (Å²) in [6.07, 6.45) is 5.17. The van der Waals surface area contributed by atoms with Gasteiger partial charge in [-0.05, 0) is 39.7 Å². The Kier molecular flexibility index (Phi) is 3.74. The van der Waals surface area contributed by atoms with Crippen molar-refractivity contribution in [2.24, 2.45) is 0 Å². The third-order valence-corrected chi connectivity index (χ3v) is 4.68. The highest BCUT2D eigenvalue weighted by molar-refractivity contribution is 5.93. The van der Waals surface area contributed by atoms with Crippen LogP contribution in [-0.4, -0.2) is 46.9 Å². The third kappa shape index (κ3) is 3.10. The molecule has 2 aliphatic rings. The van der Waals surface area contributed by atoms with E-state index in [4.69, 9.17) is 9.47 Å². The molecule has 1 aliphatic carbocycles. The minimum atomic E-state index is -0.469. The van der Waals surface area contributed by atoms with Crippen molar-refractivity contribution in [1.29, 1.82) is 0 Å². The molecule has 0 atom stereocenters. The number of amides is 1. The summed E-state index contributed by atoms with van der Waals surface area (Å²) < 4.78 is 11.1. The summed E-state index contributed by atoms with van der Waals surface area (Å²) in [5.74, 6) is 0.835. The maximum absolute atomic E-state index is 11.9. The zero-order valence-corrected chi connectivity index (χ0v) is 14.8. The van der Waals surface area contributed by atoms with Gasteiger partial charge in [-0.1, -0.05) is 0 Å². The molecule has 0 bridgehead atoms. The average molecular weight is 344 g/mol. The molecule has 2 N–H and O–H groups in total. The molecule has 1 saturated carbocycles. The van der Waals surface area contributed by atoms with Crippen LogP contribution in [0.15, 0.2) is 18.5 Å². The fourth-order valence-corrected chi connectivity index (χ4v) is 3.54. The average Bonchev–Trinajstić information content (AvgIpc) is 2.97. The molecule has 0 unspecified atom stereocenters. The van der Waals surface area contributed by atoms with E-state index in [9.17, 15) is 4.79 Å². The Balaban J connectivity index is 1.44. The summed E-state index contributed by atoms with van der Waals surface area (Å²) in [5.41, 5.74) is 1.51. The van der Waals surface area contributed by atoms with Gasteiger partial charge in [0.2, 0.25) is 0 Å². The molecule has 0 radical (unpaired) electrons. The second kappa shape index (κ2) is 5.82. The first-order valence-electron chi connectivity index (χ1n) is 8.76. The molecule has 7 heteroatoms. The van der Waals surface area contributed by atoms with Gasteiger partial charge in [0.1, 0.15) is 17.9 Å². The van der Waals surface area contributed by atoms with E-state index in [1.54, 1.807) is 6.20 Å². The minimum absolute atomic E-state index is 0.162. The molecule has 1 fully saturated rings. The van der Waals surface area contributed by atoms with Gasteiger partial charge >= 0.3 is 6.09 Å². The highest BCUT2D eigenvalue weighted by atomic mass is 16.6. The van der Waals surface area contributed by atoms with Crippen LogP contribution in [0.25, 0.3) is 11.0 Å². The number of carbonyl (C=O) groups is 1. The van der Waals surface area contributed by atoms with E-state index in [1.807, 2.05) is 33.0 Å². The summed E-state index contributed by atoms with van der Waals surface area (Å²) in [6.45, 7) is 7.12. The number of rotatable bonds is 2. The molecule has 4 rings (SSSR count). The molecular weight excluding hydrogens is 320 g/mol.